The second-order valence-corrected chi connectivity index (χ2v) is 6.71. The van der Waals surface area contributed by atoms with E-state index in [2.05, 4.69) is 6.08 Å². The molecule has 1 aliphatic heterocycles. The number of ether oxygens (including phenoxy) is 1. The molecule has 4 heteroatoms. The fourth-order valence-corrected chi connectivity index (χ4v) is 4.38. The lowest BCUT2D eigenvalue weighted by atomic mass is 9.76. The normalized spacial score (nSPS) is 53.1. The molecular formula is C15H22O4. The first-order valence-electron chi connectivity index (χ1n) is 7.10. The van der Waals surface area contributed by atoms with Gasteiger partial charge >= 0.3 is 5.97 Å². The molecule has 0 aromatic rings. The van der Waals surface area contributed by atoms with Crippen molar-refractivity contribution in [1.29, 1.82) is 0 Å². The van der Waals surface area contributed by atoms with Crippen LogP contribution in [0.1, 0.15) is 33.6 Å². The zero-order chi connectivity index (χ0) is 13.9. The van der Waals surface area contributed by atoms with Gasteiger partial charge in [0.25, 0.3) is 0 Å². The minimum atomic E-state index is -0.908. The summed E-state index contributed by atoms with van der Waals surface area (Å²) in [6, 6.07) is 0. The fraction of sp³-hybridized carbons (Fsp3) is 0.800. The molecule has 0 aromatic carbocycles. The first-order valence-corrected chi connectivity index (χ1v) is 7.10. The van der Waals surface area contributed by atoms with E-state index < -0.39 is 11.7 Å². The summed E-state index contributed by atoms with van der Waals surface area (Å²) in [4.78, 5) is 11.8. The quantitative estimate of drug-likeness (QED) is 0.512. The minimum absolute atomic E-state index is 0.0373. The van der Waals surface area contributed by atoms with Gasteiger partial charge in [-0.05, 0) is 20.3 Å². The van der Waals surface area contributed by atoms with Crippen molar-refractivity contribution in [2.75, 3.05) is 0 Å². The van der Waals surface area contributed by atoms with Crippen molar-refractivity contribution >= 4 is 5.97 Å². The predicted molar refractivity (Wildman–Crippen MR) is 69.1 cm³/mol. The lowest BCUT2D eigenvalue weighted by molar-refractivity contribution is -0.146. The van der Waals surface area contributed by atoms with Crippen molar-refractivity contribution in [1.82, 2.24) is 0 Å². The molecule has 1 heterocycles. The van der Waals surface area contributed by atoms with E-state index in [0.717, 1.165) is 6.42 Å². The second-order valence-electron chi connectivity index (χ2n) is 6.71. The summed E-state index contributed by atoms with van der Waals surface area (Å²) in [5.41, 5.74) is 0.269. The molecule has 0 spiro atoms. The predicted octanol–water partition coefficient (Wildman–Crippen LogP) is 1.26. The average molecular weight is 266 g/mol. The van der Waals surface area contributed by atoms with Crippen molar-refractivity contribution in [3.63, 3.8) is 0 Å². The zero-order valence-corrected chi connectivity index (χ0v) is 11.7. The van der Waals surface area contributed by atoms with E-state index in [1.54, 1.807) is 6.92 Å². The topological polar surface area (TPSA) is 66.8 Å². The molecule has 1 saturated carbocycles. The van der Waals surface area contributed by atoms with Crippen LogP contribution in [0, 0.1) is 23.7 Å². The highest BCUT2D eigenvalue weighted by molar-refractivity contribution is 5.75. The molecule has 1 saturated heterocycles. The van der Waals surface area contributed by atoms with E-state index in [0.29, 0.717) is 6.42 Å². The Labute approximate surface area is 113 Å². The molecule has 106 valence electrons. The Balaban J connectivity index is 2.04. The lowest BCUT2D eigenvalue weighted by Crippen LogP contribution is -2.40. The van der Waals surface area contributed by atoms with Gasteiger partial charge in [0.2, 0.25) is 0 Å². The van der Waals surface area contributed by atoms with Gasteiger partial charge in [-0.1, -0.05) is 18.6 Å². The van der Waals surface area contributed by atoms with E-state index in [1.807, 2.05) is 13.8 Å². The van der Waals surface area contributed by atoms with Crippen LogP contribution in [0.5, 0.6) is 0 Å². The SMILES string of the molecule is CC1=CC[C@@H]2[C@H]1[C@H]1OC(=O)[C@H](C)[C@@H]1[C@@H](O)C[C@@]2(C)O. The smallest absolute Gasteiger partial charge is 0.309 e. The molecule has 0 unspecified atom stereocenters. The van der Waals surface area contributed by atoms with Crippen LogP contribution in [0.25, 0.3) is 0 Å². The maximum absolute atomic E-state index is 11.8. The van der Waals surface area contributed by atoms with Crippen LogP contribution in [0.3, 0.4) is 0 Å². The Kier molecular flexibility index (Phi) is 2.81. The molecule has 0 radical (unpaired) electrons. The van der Waals surface area contributed by atoms with Crippen molar-refractivity contribution in [2.24, 2.45) is 23.7 Å². The summed E-state index contributed by atoms with van der Waals surface area (Å²) in [6.07, 6.45) is 2.29. The number of aliphatic hydroxyl groups excluding tert-OH is 1. The Morgan fingerprint density at radius 3 is 2.84 bits per heavy atom. The number of hydrogen-bond acceptors (Lipinski definition) is 4. The van der Waals surface area contributed by atoms with Gasteiger partial charge < -0.3 is 14.9 Å². The summed E-state index contributed by atoms with van der Waals surface area (Å²) < 4.78 is 5.55. The molecule has 2 N–H and O–H groups in total. The first kappa shape index (κ1) is 13.1. The molecule has 19 heavy (non-hydrogen) atoms. The summed E-state index contributed by atoms with van der Waals surface area (Å²) in [6.45, 7) is 5.65. The van der Waals surface area contributed by atoms with Crippen LogP contribution in [-0.4, -0.2) is 34.0 Å². The van der Waals surface area contributed by atoms with Gasteiger partial charge in [0.1, 0.15) is 6.10 Å². The number of carbonyl (C=O) groups excluding carboxylic acids is 1. The van der Waals surface area contributed by atoms with Gasteiger partial charge in [-0.2, -0.15) is 0 Å². The first-order chi connectivity index (χ1) is 8.83. The molecule has 0 aromatic heterocycles. The van der Waals surface area contributed by atoms with Gasteiger partial charge in [-0.25, -0.2) is 0 Å². The lowest BCUT2D eigenvalue weighted by Gasteiger charge is -2.34. The van der Waals surface area contributed by atoms with Crippen molar-refractivity contribution in [2.45, 2.75) is 51.4 Å². The summed E-state index contributed by atoms with van der Waals surface area (Å²) in [5, 5.41) is 21.1. The van der Waals surface area contributed by atoms with E-state index in [-0.39, 0.29) is 35.7 Å². The van der Waals surface area contributed by atoms with E-state index in [1.165, 1.54) is 5.57 Å². The largest absolute Gasteiger partial charge is 0.461 e. The summed E-state index contributed by atoms with van der Waals surface area (Å²) in [7, 11) is 0. The molecule has 3 aliphatic rings. The molecule has 3 rings (SSSR count). The number of esters is 1. The minimum Gasteiger partial charge on any atom is -0.461 e. The third-order valence-corrected chi connectivity index (χ3v) is 5.45. The highest BCUT2D eigenvalue weighted by atomic mass is 16.6. The van der Waals surface area contributed by atoms with Gasteiger partial charge in [0.15, 0.2) is 0 Å². The van der Waals surface area contributed by atoms with Crippen LogP contribution in [-0.2, 0) is 9.53 Å². The summed E-state index contributed by atoms with van der Waals surface area (Å²) >= 11 is 0. The van der Waals surface area contributed by atoms with Gasteiger partial charge in [0.05, 0.1) is 17.6 Å². The standard InChI is InChI=1S/C15H22O4/c1-7-4-5-9-11(7)13-12(8(2)14(17)19-13)10(16)6-15(9,3)18/h4,8-13,16,18H,5-6H2,1-3H3/t8-,9-,10+,11+,12-,13-,15-/m1/s1. The number of allylic oxidation sites excluding steroid dienone is 1. The molecule has 4 nitrogen and oxygen atoms in total. The van der Waals surface area contributed by atoms with Crippen LogP contribution in [0.2, 0.25) is 0 Å². The Hall–Kier alpha value is -0.870. The van der Waals surface area contributed by atoms with Gasteiger partial charge in [-0.15, -0.1) is 0 Å². The highest BCUT2D eigenvalue weighted by Gasteiger charge is 2.58. The van der Waals surface area contributed by atoms with E-state index in [4.69, 9.17) is 4.74 Å². The Bertz CT molecular complexity index is 439. The summed E-state index contributed by atoms with van der Waals surface area (Å²) in [5.74, 6) is -0.617. The number of rotatable bonds is 0. The molecule has 0 amide bonds. The molecule has 7 atom stereocenters. The molecular weight excluding hydrogens is 244 g/mol. The van der Waals surface area contributed by atoms with Crippen molar-refractivity contribution in [3.8, 4) is 0 Å². The molecule has 2 fully saturated rings. The Morgan fingerprint density at radius 1 is 1.47 bits per heavy atom. The highest BCUT2D eigenvalue weighted by Crippen LogP contribution is 2.52. The molecule has 0 bridgehead atoms. The van der Waals surface area contributed by atoms with Gasteiger partial charge in [-0.3, -0.25) is 4.79 Å². The third kappa shape index (κ3) is 1.77. The van der Waals surface area contributed by atoms with E-state index in [9.17, 15) is 15.0 Å². The van der Waals surface area contributed by atoms with Crippen LogP contribution >= 0.6 is 0 Å². The number of aliphatic hydroxyl groups is 2. The number of hydrogen-bond donors (Lipinski definition) is 2. The zero-order valence-electron chi connectivity index (χ0n) is 11.7. The van der Waals surface area contributed by atoms with Crippen molar-refractivity contribution < 1.29 is 19.7 Å². The number of fused-ring (bicyclic) bond motifs is 3. The molecule has 2 aliphatic carbocycles. The third-order valence-electron chi connectivity index (χ3n) is 5.45. The average Bonchev–Trinajstić information content (AvgIpc) is 2.78. The van der Waals surface area contributed by atoms with Gasteiger partial charge in [0, 0.05) is 24.2 Å². The maximum atomic E-state index is 11.8. The Morgan fingerprint density at radius 2 is 2.16 bits per heavy atom. The second kappa shape index (κ2) is 4.06. The van der Waals surface area contributed by atoms with E-state index >= 15 is 0 Å². The fourth-order valence-electron chi connectivity index (χ4n) is 4.38. The van der Waals surface area contributed by atoms with Crippen molar-refractivity contribution in [3.05, 3.63) is 11.6 Å². The monoisotopic (exact) mass is 266 g/mol. The maximum Gasteiger partial charge on any atom is 0.309 e. The number of carbonyl (C=O) groups is 1. The van der Waals surface area contributed by atoms with Crippen LogP contribution in [0.4, 0.5) is 0 Å². The van der Waals surface area contributed by atoms with Crippen LogP contribution < -0.4 is 0 Å². The van der Waals surface area contributed by atoms with Crippen LogP contribution in [0.15, 0.2) is 11.6 Å².